The van der Waals surface area contributed by atoms with E-state index in [2.05, 4.69) is 4.98 Å². The number of alkyl halides is 2. The van der Waals surface area contributed by atoms with Crippen LogP contribution in [0.4, 0.5) is 8.78 Å². The van der Waals surface area contributed by atoms with Crippen molar-refractivity contribution < 1.29 is 13.6 Å². The van der Waals surface area contributed by atoms with Crippen LogP contribution in [0.3, 0.4) is 0 Å². The van der Waals surface area contributed by atoms with E-state index in [0.717, 1.165) is 0 Å². The van der Waals surface area contributed by atoms with Crippen molar-refractivity contribution in [2.45, 2.75) is 25.7 Å². The summed E-state index contributed by atoms with van der Waals surface area (Å²) in [5.41, 5.74) is 0.756. The van der Waals surface area contributed by atoms with Crippen molar-refractivity contribution in [3.63, 3.8) is 0 Å². The number of aryl methyl sites for hydroxylation is 2. The first-order chi connectivity index (χ1) is 11.2. The molecule has 1 spiro atoms. The predicted octanol–water partition coefficient (Wildman–Crippen LogP) is 2.11. The maximum atomic E-state index is 13.6. The molecule has 2 aliphatic rings. The third kappa shape index (κ3) is 1.87. The molecule has 126 valence electrons. The van der Waals surface area contributed by atoms with Gasteiger partial charge >= 0.3 is 0 Å². The zero-order valence-electron chi connectivity index (χ0n) is 13.5. The maximum absolute atomic E-state index is 13.6. The van der Waals surface area contributed by atoms with Crippen LogP contribution < -0.4 is 5.56 Å². The topological polar surface area (TPSA) is 55.2 Å². The fourth-order valence-electron chi connectivity index (χ4n) is 3.68. The molecule has 2 heterocycles. The van der Waals surface area contributed by atoms with E-state index >= 15 is 0 Å². The quantitative estimate of drug-likeness (QED) is 0.803. The van der Waals surface area contributed by atoms with E-state index in [0.29, 0.717) is 28.7 Å². The number of fused-ring (bicyclic) bond motifs is 1. The third-order valence-electron chi connectivity index (χ3n) is 5.45. The van der Waals surface area contributed by atoms with Crippen molar-refractivity contribution in [3.8, 4) is 0 Å². The molecule has 0 unspecified atom stereocenters. The van der Waals surface area contributed by atoms with Gasteiger partial charge in [0.25, 0.3) is 17.4 Å². The van der Waals surface area contributed by atoms with E-state index in [4.69, 9.17) is 0 Å². The molecule has 0 radical (unpaired) electrons. The second-order valence-electron chi connectivity index (χ2n) is 6.91. The summed E-state index contributed by atoms with van der Waals surface area (Å²) in [6.45, 7) is 1.83. The predicted molar refractivity (Wildman–Crippen MR) is 84.2 cm³/mol. The van der Waals surface area contributed by atoms with Crippen LogP contribution in [0.1, 0.15) is 28.9 Å². The number of carbonyl (C=O) groups is 1. The number of halogens is 2. The van der Waals surface area contributed by atoms with Gasteiger partial charge in [-0.15, -0.1) is 0 Å². The van der Waals surface area contributed by atoms with Crippen LogP contribution in [-0.4, -0.2) is 39.4 Å². The standard InChI is InChI=1S/C17H17F2N3O2/c1-10-14(23)21(2)13-4-3-11(7-12(13)20-10)15(24)22-8-16(9-22)5-6-17(16,18)19/h3-4,7H,5-6,8-9H2,1-2H3. The number of benzene rings is 1. The van der Waals surface area contributed by atoms with Gasteiger partial charge in [-0.2, -0.15) is 0 Å². The Kier molecular flexibility index (Phi) is 2.93. The van der Waals surface area contributed by atoms with Crippen LogP contribution >= 0.6 is 0 Å². The monoisotopic (exact) mass is 333 g/mol. The van der Waals surface area contributed by atoms with Crippen molar-refractivity contribution in [1.29, 1.82) is 0 Å². The number of hydrogen-bond donors (Lipinski definition) is 0. The SMILES string of the molecule is Cc1nc2cc(C(=O)N3CC4(CCC4(F)F)C3)ccc2n(C)c1=O. The molecule has 5 nitrogen and oxygen atoms in total. The lowest BCUT2D eigenvalue weighted by molar-refractivity contribution is -0.248. The fraction of sp³-hybridized carbons (Fsp3) is 0.471. The molecular formula is C17H17F2N3O2. The van der Waals surface area contributed by atoms with Crippen LogP contribution in [0.15, 0.2) is 23.0 Å². The molecule has 0 bridgehead atoms. The van der Waals surface area contributed by atoms with E-state index in [1.807, 2.05) is 0 Å². The summed E-state index contributed by atoms with van der Waals surface area (Å²) in [6, 6.07) is 4.91. The van der Waals surface area contributed by atoms with E-state index in [1.54, 1.807) is 32.2 Å². The molecule has 1 aromatic carbocycles. The fourth-order valence-corrected chi connectivity index (χ4v) is 3.68. The molecule has 7 heteroatoms. The van der Waals surface area contributed by atoms with Crippen LogP contribution in [0, 0.1) is 12.3 Å². The normalized spacial score (nSPS) is 20.8. The minimum absolute atomic E-state index is 0.0811. The van der Waals surface area contributed by atoms with Gasteiger partial charge in [-0.25, -0.2) is 13.8 Å². The Hall–Kier alpha value is -2.31. The average molecular weight is 333 g/mol. The van der Waals surface area contributed by atoms with Crippen LogP contribution in [0.25, 0.3) is 11.0 Å². The summed E-state index contributed by atoms with van der Waals surface area (Å²) >= 11 is 0. The zero-order chi connectivity index (χ0) is 17.3. The van der Waals surface area contributed by atoms with Crippen molar-refractivity contribution in [2.75, 3.05) is 13.1 Å². The summed E-state index contributed by atoms with van der Waals surface area (Å²) in [5.74, 6) is -2.91. The van der Waals surface area contributed by atoms with Crippen LogP contribution in [0.5, 0.6) is 0 Å². The highest BCUT2D eigenvalue weighted by molar-refractivity contribution is 5.97. The van der Waals surface area contributed by atoms with E-state index in [-0.39, 0.29) is 31.0 Å². The molecule has 0 atom stereocenters. The van der Waals surface area contributed by atoms with Crippen LogP contribution in [0.2, 0.25) is 0 Å². The van der Waals surface area contributed by atoms with Gasteiger partial charge < -0.3 is 9.47 Å². The first kappa shape index (κ1) is 15.2. The van der Waals surface area contributed by atoms with Gasteiger partial charge in [-0.05, 0) is 31.5 Å². The van der Waals surface area contributed by atoms with Crippen LogP contribution in [-0.2, 0) is 7.05 Å². The minimum atomic E-state index is -2.65. The first-order valence-electron chi connectivity index (χ1n) is 7.89. The van der Waals surface area contributed by atoms with E-state index in [9.17, 15) is 18.4 Å². The summed E-state index contributed by atoms with van der Waals surface area (Å²) in [6.07, 6.45) is 0.395. The summed E-state index contributed by atoms with van der Waals surface area (Å²) in [5, 5.41) is 0. The highest BCUT2D eigenvalue weighted by atomic mass is 19.3. The maximum Gasteiger partial charge on any atom is 0.272 e. The largest absolute Gasteiger partial charge is 0.337 e. The van der Waals surface area contributed by atoms with Gasteiger partial charge in [0.1, 0.15) is 5.69 Å². The molecule has 1 amide bonds. The molecule has 1 saturated carbocycles. The number of aromatic nitrogens is 2. The molecule has 1 aliphatic carbocycles. The number of carbonyl (C=O) groups excluding carboxylic acids is 1. The Morgan fingerprint density at radius 2 is 1.96 bits per heavy atom. The van der Waals surface area contributed by atoms with Gasteiger partial charge in [-0.1, -0.05) is 0 Å². The Labute approximate surface area is 136 Å². The van der Waals surface area contributed by atoms with Gasteiger partial charge in [-0.3, -0.25) is 9.59 Å². The second kappa shape index (κ2) is 4.62. The summed E-state index contributed by atoms with van der Waals surface area (Å²) in [4.78, 5) is 30.1. The van der Waals surface area contributed by atoms with Gasteiger partial charge in [0.2, 0.25) is 0 Å². The van der Waals surface area contributed by atoms with Gasteiger partial charge in [0, 0.05) is 32.1 Å². The molecule has 24 heavy (non-hydrogen) atoms. The number of likely N-dealkylation sites (tertiary alicyclic amines) is 1. The van der Waals surface area contributed by atoms with Crippen molar-refractivity contribution in [3.05, 3.63) is 39.8 Å². The van der Waals surface area contributed by atoms with Crippen molar-refractivity contribution >= 4 is 16.9 Å². The number of amides is 1. The Morgan fingerprint density at radius 3 is 2.54 bits per heavy atom. The first-order valence-corrected chi connectivity index (χ1v) is 7.89. The molecule has 1 aliphatic heterocycles. The smallest absolute Gasteiger partial charge is 0.272 e. The molecule has 2 fully saturated rings. The molecular weight excluding hydrogens is 316 g/mol. The molecule has 2 aromatic rings. The van der Waals surface area contributed by atoms with Gasteiger partial charge in [0.15, 0.2) is 0 Å². The van der Waals surface area contributed by atoms with Crippen molar-refractivity contribution in [1.82, 2.24) is 14.5 Å². The lowest BCUT2D eigenvalue weighted by Gasteiger charge is -2.59. The lowest BCUT2D eigenvalue weighted by Crippen LogP contribution is -2.70. The van der Waals surface area contributed by atoms with E-state index < -0.39 is 11.3 Å². The highest BCUT2D eigenvalue weighted by Gasteiger charge is 2.67. The second-order valence-corrected chi connectivity index (χ2v) is 6.91. The molecule has 0 N–H and O–H groups in total. The number of nitrogens with zero attached hydrogens (tertiary/aromatic N) is 3. The van der Waals surface area contributed by atoms with E-state index in [1.165, 1.54) is 9.47 Å². The third-order valence-corrected chi connectivity index (χ3v) is 5.45. The van der Waals surface area contributed by atoms with Gasteiger partial charge in [0.05, 0.1) is 16.4 Å². The molecule has 4 rings (SSSR count). The number of hydrogen-bond acceptors (Lipinski definition) is 3. The Balaban J connectivity index is 1.62. The highest BCUT2D eigenvalue weighted by Crippen LogP contribution is 2.59. The average Bonchev–Trinajstić information content (AvgIpc) is 2.50. The molecule has 1 saturated heterocycles. The molecule has 1 aromatic heterocycles. The Morgan fingerprint density at radius 1 is 1.25 bits per heavy atom. The zero-order valence-corrected chi connectivity index (χ0v) is 13.5. The minimum Gasteiger partial charge on any atom is -0.337 e. The van der Waals surface area contributed by atoms with Crippen molar-refractivity contribution in [2.24, 2.45) is 12.5 Å². The summed E-state index contributed by atoms with van der Waals surface area (Å²) < 4.78 is 28.8. The number of rotatable bonds is 1. The lowest BCUT2D eigenvalue weighted by atomic mass is 9.60. The summed E-state index contributed by atoms with van der Waals surface area (Å²) in [7, 11) is 1.65. The Bertz CT molecular complexity index is 929.